The maximum absolute atomic E-state index is 11.1. The highest BCUT2D eigenvalue weighted by atomic mass is 16.1. The van der Waals surface area contributed by atoms with E-state index in [1.807, 2.05) is 13.2 Å². The number of nitrogens with one attached hydrogen (secondary N) is 1. The molecule has 0 saturated carbocycles. The highest BCUT2D eigenvalue weighted by Crippen LogP contribution is 2.15. The lowest BCUT2D eigenvalue weighted by molar-refractivity contribution is -0.111. The molecule has 33 heavy (non-hydrogen) atoms. The lowest BCUT2D eigenvalue weighted by Gasteiger charge is -2.08. The van der Waals surface area contributed by atoms with Gasteiger partial charge in [-0.15, -0.1) is 13.2 Å². The molecule has 0 spiro atoms. The summed E-state index contributed by atoms with van der Waals surface area (Å²) in [7, 11) is 1.90. The highest BCUT2D eigenvalue weighted by molar-refractivity contribution is 5.54. The molecule has 0 aliphatic heterocycles. The van der Waals surface area contributed by atoms with Crippen LogP contribution in [0.1, 0.15) is 56.2 Å². The second kappa shape index (κ2) is 20.7. The molecule has 1 atom stereocenters. The van der Waals surface area contributed by atoms with E-state index in [9.17, 15) is 4.79 Å². The van der Waals surface area contributed by atoms with Crippen molar-refractivity contribution in [3.8, 4) is 0 Å². The fraction of sp³-hybridized carbons (Fsp3) is 0.333. The lowest BCUT2D eigenvalue weighted by Crippen LogP contribution is -2.03. The van der Waals surface area contributed by atoms with Crippen molar-refractivity contribution in [3.05, 3.63) is 108 Å². The molecule has 2 rings (SSSR count). The van der Waals surface area contributed by atoms with Crippen molar-refractivity contribution in [3.63, 3.8) is 0 Å². The summed E-state index contributed by atoms with van der Waals surface area (Å²) in [5.74, 6) is 0.110. The zero-order valence-electron chi connectivity index (χ0n) is 20.6. The smallest absolute Gasteiger partial charge is 0.123 e. The van der Waals surface area contributed by atoms with Crippen molar-refractivity contribution in [2.75, 3.05) is 7.05 Å². The third-order valence-corrected chi connectivity index (χ3v) is 4.99. The minimum Gasteiger partial charge on any atom is -0.394 e. The van der Waals surface area contributed by atoms with Gasteiger partial charge in [0.25, 0.3) is 0 Å². The van der Waals surface area contributed by atoms with Crippen LogP contribution in [0.4, 0.5) is 0 Å². The van der Waals surface area contributed by atoms with Crippen molar-refractivity contribution < 1.29 is 9.59 Å². The predicted octanol–water partition coefficient (Wildman–Crippen LogP) is 6.88. The van der Waals surface area contributed by atoms with Gasteiger partial charge < -0.3 is 14.9 Å². The van der Waals surface area contributed by atoms with Crippen molar-refractivity contribution >= 4 is 12.6 Å². The van der Waals surface area contributed by atoms with Crippen molar-refractivity contribution in [1.82, 2.24) is 5.32 Å². The van der Waals surface area contributed by atoms with Gasteiger partial charge in [0.2, 0.25) is 0 Å². The van der Waals surface area contributed by atoms with E-state index in [2.05, 4.69) is 92.1 Å². The second-order valence-corrected chi connectivity index (χ2v) is 7.53. The van der Waals surface area contributed by atoms with Crippen molar-refractivity contribution in [2.24, 2.45) is 5.92 Å². The van der Waals surface area contributed by atoms with Crippen LogP contribution >= 0.6 is 0 Å². The van der Waals surface area contributed by atoms with E-state index < -0.39 is 0 Å². The molecule has 0 bridgehead atoms. The summed E-state index contributed by atoms with van der Waals surface area (Å²) in [6, 6.07) is 19.6. The molecular weight excluding hydrogens is 406 g/mol. The highest BCUT2D eigenvalue weighted by Gasteiger charge is 2.06. The van der Waals surface area contributed by atoms with Crippen LogP contribution in [0.15, 0.2) is 91.7 Å². The summed E-state index contributed by atoms with van der Waals surface area (Å²) in [5, 5.41) is 3.08. The first-order valence-corrected chi connectivity index (χ1v) is 11.7. The molecule has 1 unspecified atom stereocenters. The Hall–Kier alpha value is -3.20. The first kappa shape index (κ1) is 29.8. The van der Waals surface area contributed by atoms with Crippen LogP contribution in [0.25, 0.3) is 0 Å². The fourth-order valence-corrected chi connectivity index (χ4v) is 3.27. The Kier molecular flexibility index (Phi) is 18.7. The molecule has 3 nitrogen and oxygen atoms in total. The van der Waals surface area contributed by atoms with Gasteiger partial charge in [0.05, 0.1) is 0 Å². The average molecular weight is 448 g/mol. The van der Waals surface area contributed by atoms with Crippen LogP contribution < -0.4 is 5.32 Å². The molecule has 0 aromatic heterocycles. The third kappa shape index (κ3) is 14.5. The monoisotopic (exact) mass is 447 g/mol. The number of unbranched alkanes of at least 4 members (excludes halogenated alkanes) is 1. The van der Waals surface area contributed by atoms with Crippen LogP contribution in [0, 0.1) is 5.92 Å². The lowest BCUT2D eigenvalue weighted by atomic mass is 9.98. The Labute approximate surface area is 201 Å². The molecule has 0 amide bonds. The molecule has 0 aliphatic carbocycles. The molecule has 0 radical (unpaired) electrons. The summed E-state index contributed by atoms with van der Waals surface area (Å²) >= 11 is 0. The normalized spacial score (nSPS) is 11.4. The Morgan fingerprint density at radius 3 is 2.09 bits per heavy atom. The number of hydrogen-bond acceptors (Lipinski definition) is 3. The molecule has 1 N–H and O–H groups in total. The summed E-state index contributed by atoms with van der Waals surface area (Å²) in [6.07, 6.45) is 14.1. The number of carbonyl (C=O) groups excluding carboxylic acids is 2. The van der Waals surface area contributed by atoms with E-state index in [4.69, 9.17) is 4.79 Å². The average Bonchev–Trinajstić information content (AvgIpc) is 2.85. The van der Waals surface area contributed by atoms with E-state index in [-0.39, 0.29) is 5.92 Å². The van der Waals surface area contributed by atoms with Crippen LogP contribution in [-0.2, 0) is 22.4 Å². The Morgan fingerprint density at radius 2 is 1.55 bits per heavy atom. The maximum atomic E-state index is 11.1. The number of hydrogen-bond donors (Lipinski definition) is 1. The first-order valence-electron chi connectivity index (χ1n) is 11.7. The standard InChI is InChI=1S/C26H33NO.C2H4O.C2H4/c1-3-22(21-28)18-26(20-27-2)13-9-4-6-10-23-14-16-25(17-15-23)19-24-11-7-5-8-12-24;1-2-3;1-2/h5,7-9,11-17,20-22,27H,3-4,6,10,18-19H2,1-2H3;2H,1H3;1-2H2/b13-9+,26-20+;;. The van der Waals surface area contributed by atoms with E-state index in [0.717, 1.165) is 51.1 Å². The van der Waals surface area contributed by atoms with Gasteiger partial charge in [0.1, 0.15) is 12.6 Å². The van der Waals surface area contributed by atoms with Crippen LogP contribution in [-0.4, -0.2) is 19.6 Å². The fourth-order valence-electron chi connectivity index (χ4n) is 3.27. The number of allylic oxidation sites excluding steroid dienone is 3. The third-order valence-electron chi connectivity index (χ3n) is 4.99. The van der Waals surface area contributed by atoms with Gasteiger partial charge in [-0.05, 0) is 73.9 Å². The topological polar surface area (TPSA) is 46.2 Å². The first-order chi connectivity index (χ1) is 16.2. The predicted molar refractivity (Wildman–Crippen MR) is 142 cm³/mol. The molecule has 0 heterocycles. The Morgan fingerprint density at radius 1 is 0.970 bits per heavy atom. The van der Waals surface area contributed by atoms with Gasteiger partial charge in [0, 0.05) is 13.0 Å². The van der Waals surface area contributed by atoms with Crippen molar-refractivity contribution in [1.29, 1.82) is 0 Å². The zero-order chi connectivity index (χ0) is 24.7. The summed E-state index contributed by atoms with van der Waals surface area (Å²) < 4.78 is 0. The van der Waals surface area contributed by atoms with Crippen LogP contribution in [0.5, 0.6) is 0 Å². The number of aryl methyl sites for hydroxylation is 1. The second-order valence-electron chi connectivity index (χ2n) is 7.53. The van der Waals surface area contributed by atoms with E-state index in [0.29, 0.717) is 0 Å². The molecule has 0 saturated heterocycles. The minimum absolute atomic E-state index is 0.110. The maximum Gasteiger partial charge on any atom is 0.123 e. The molecule has 178 valence electrons. The van der Waals surface area contributed by atoms with Crippen molar-refractivity contribution in [2.45, 2.75) is 52.4 Å². The SMILES string of the molecule is C=C.CC=O.CCC(C=O)CC(=C/NC)/C=C/CCCc1ccc(Cc2ccccc2)cc1. The van der Waals surface area contributed by atoms with Gasteiger partial charge in [-0.2, -0.15) is 0 Å². The summed E-state index contributed by atoms with van der Waals surface area (Å²) in [6.45, 7) is 9.50. The molecule has 0 fully saturated rings. The largest absolute Gasteiger partial charge is 0.394 e. The van der Waals surface area contributed by atoms with Gasteiger partial charge in [-0.3, -0.25) is 0 Å². The van der Waals surface area contributed by atoms with E-state index in [1.54, 1.807) is 0 Å². The van der Waals surface area contributed by atoms with Gasteiger partial charge in [0.15, 0.2) is 0 Å². The van der Waals surface area contributed by atoms with Gasteiger partial charge in [-0.25, -0.2) is 0 Å². The van der Waals surface area contributed by atoms with E-state index >= 15 is 0 Å². The number of carbonyl (C=O) groups is 2. The molecule has 2 aromatic carbocycles. The quantitative estimate of drug-likeness (QED) is 0.167. The summed E-state index contributed by atoms with van der Waals surface area (Å²) in [4.78, 5) is 19.9. The van der Waals surface area contributed by atoms with Gasteiger partial charge in [-0.1, -0.05) is 73.7 Å². The van der Waals surface area contributed by atoms with Crippen LogP contribution in [0.3, 0.4) is 0 Å². The van der Waals surface area contributed by atoms with E-state index in [1.165, 1.54) is 29.2 Å². The van der Waals surface area contributed by atoms with Crippen LogP contribution in [0.2, 0.25) is 0 Å². The Bertz CT molecular complexity index is 807. The molecule has 2 aromatic rings. The molecular formula is C30H41NO2. The summed E-state index contributed by atoms with van der Waals surface area (Å²) in [5.41, 5.74) is 5.29. The molecule has 3 heteroatoms. The zero-order valence-corrected chi connectivity index (χ0v) is 20.6. The Balaban J connectivity index is 0.00000189. The minimum atomic E-state index is 0.110. The molecule has 0 aliphatic rings. The number of aldehydes is 2. The number of rotatable bonds is 12. The number of benzene rings is 2. The van der Waals surface area contributed by atoms with Gasteiger partial charge >= 0.3 is 0 Å².